The third kappa shape index (κ3) is 1.30. The molecule has 11 heavy (non-hydrogen) atoms. The molecule has 0 bridgehead atoms. The van der Waals surface area contributed by atoms with Crippen LogP contribution in [0.3, 0.4) is 0 Å². The van der Waals surface area contributed by atoms with Crippen molar-refractivity contribution in [1.29, 1.82) is 0 Å². The van der Waals surface area contributed by atoms with Gasteiger partial charge in [-0.05, 0) is 30.8 Å². The molecule has 58 valence electrons. The van der Waals surface area contributed by atoms with Gasteiger partial charge in [0.1, 0.15) is 0 Å². The molecule has 1 saturated carbocycles. The molecule has 2 rings (SSSR count). The third-order valence-corrected chi connectivity index (χ3v) is 2.62. The molecule has 0 aromatic heterocycles. The van der Waals surface area contributed by atoms with Gasteiger partial charge in [0.25, 0.3) is 0 Å². The van der Waals surface area contributed by atoms with Crippen LogP contribution in [0, 0.1) is 5.92 Å². The minimum Gasteiger partial charge on any atom is -0.0918 e. The average Bonchev–Trinajstić information content (AvgIpc) is 2.04. The lowest BCUT2D eigenvalue weighted by atomic mass is 9.80. The maximum Gasteiger partial charge on any atom is -0.00166 e. The Morgan fingerprint density at radius 2 is 2.27 bits per heavy atom. The van der Waals surface area contributed by atoms with E-state index in [1.165, 1.54) is 31.3 Å². The first-order valence-corrected chi connectivity index (χ1v) is 4.44. The highest BCUT2D eigenvalue weighted by atomic mass is 14.2. The van der Waals surface area contributed by atoms with E-state index in [1.54, 1.807) is 5.57 Å². The summed E-state index contributed by atoms with van der Waals surface area (Å²) in [7, 11) is 0. The molecule has 1 atom stereocenters. The molecular weight excluding hydrogens is 132 g/mol. The van der Waals surface area contributed by atoms with Gasteiger partial charge >= 0.3 is 0 Å². The third-order valence-electron chi connectivity index (χ3n) is 2.62. The van der Waals surface area contributed by atoms with Crippen molar-refractivity contribution >= 4 is 0 Å². The molecule has 2 aliphatic carbocycles. The summed E-state index contributed by atoms with van der Waals surface area (Å²) >= 11 is 0. The van der Waals surface area contributed by atoms with Gasteiger partial charge in [0, 0.05) is 0 Å². The van der Waals surface area contributed by atoms with E-state index >= 15 is 0 Å². The first-order valence-electron chi connectivity index (χ1n) is 4.44. The molecule has 0 N–H and O–H groups in total. The minimum absolute atomic E-state index is 0.759. The molecule has 0 radical (unpaired) electrons. The van der Waals surface area contributed by atoms with Gasteiger partial charge in [-0.2, -0.15) is 0 Å². The normalized spacial score (nSPS) is 29.6. The van der Waals surface area contributed by atoms with Crippen molar-refractivity contribution in [1.82, 2.24) is 0 Å². The van der Waals surface area contributed by atoms with Crippen LogP contribution in [0.2, 0.25) is 0 Å². The molecule has 0 aromatic rings. The Bertz CT molecular complexity index is 230. The van der Waals surface area contributed by atoms with E-state index in [0.717, 1.165) is 5.92 Å². The standard InChI is InChI=1S/C11H14/c1-9-6-7-10-4-2-3-5-11(10)8-9/h6-8,10H,1-5H2. The average molecular weight is 146 g/mol. The molecule has 0 amide bonds. The summed E-state index contributed by atoms with van der Waals surface area (Å²) in [6, 6.07) is 0. The van der Waals surface area contributed by atoms with Crippen LogP contribution in [0.15, 0.2) is 36.0 Å². The van der Waals surface area contributed by atoms with E-state index in [4.69, 9.17) is 0 Å². The van der Waals surface area contributed by atoms with Crippen molar-refractivity contribution < 1.29 is 0 Å². The maximum atomic E-state index is 3.94. The Morgan fingerprint density at radius 3 is 3.18 bits per heavy atom. The molecule has 0 heteroatoms. The van der Waals surface area contributed by atoms with E-state index in [9.17, 15) is 0 Å². The fourth-order valence-corrected chi connectivity index (χ4v) is 1.99. The number of rotatable bonds is 0. The van der Waals surface area contributed by atoms with Crippen LogP contribution in [-0.4, -0.2) is 0 Å². The summed E-state index contributed by atoms with van der Waals surface area (Å²) in [5.74, 6) is 0.759. The highest BCUT2D eigenvalue weighted by molar-refractivity contribution is 5.38. The van der Waals surface area contributed by atoms with Gasteiger partial charge in [-0.3, -0.25) is 0 Å². The zero-order valence-corrected chi connectivity index (χ0v) is 6.84. The monoisotopic (exact) mass is 146 g/mol. The molecule has 0 spiro atoms. The van der Waals surface area contributed by atoms with Gasteiger partial charge < -0.3 is 0 Å². The Morgan fingerprint density at radius 1 is 1.36 bits per heavy atom. The molecular formula is C11H14. The van der Waals surface area contributed by atoms with Crippen LogP contribution in [0.25, 0.3) is 0 Å². The van der Waals surface area contributed by atoms with Gasteiger partial charge in [-0.1, -0.05) is 36.8 Å². The number of allylic oxidation sites excluding steroid dienone is 5. The molecule has 1 unspecified atom stereocenters. The second-order valence-corrected chi connectivity index (χ2v) is 3.51. The second-order valence-electron chi connectivity index (χ2n) is 3.51. The largest absolute Gasteiger partial charge is 0.0918 e. The molecule has 0 heterocycles. The predicted octanol–water partition coefficient (Wildman–Crippen LogP) is 3.23. The summed E-state index contributed by atoms with van der Waals surface area (Å²) in [5, 5.41) is 0. The van der Waals surface area contributed by atoms with Crippen molar-refractivity contribution in [3.8, 4) is 0 Å². The molecule has 2 aliphatic rings. The Labute approximate surface area is 68.3 Å². The van der Waals surface area contributed by atoms with Gasteiger partial charge in [0.2, 0.25) is 0 Å². The van der Waals surface area contributed by atoms with E-state index in [-0.39, 0.29) is 0 Å². The van der Waals surface area contributed by atoms with Crippen molar-refractivity contribution in [2.24, 2.45) is 5.92 Å². The van der Waals surface area contributed by atoms with Gasteiger partial charge in [-0.15, -0.1) is 0 Å². The molecule has 1 fully saturated rings. The lowest BCUT2D eigenvalue weighted by molar-refractivity contribution is 0.516. The first kappa shape index (κ1) is 6.90. The number of hydrogen-bond donors (Lipinski definition) is 0. The van der Waals surface area contributed by atoms with Crippen molar-refractivity contribution in [2.75, 3.05) is 0 Å². The van der Waals surface area contributed by atoms with E-state index < -0.39 is 0 Å². The van der Waals surface area contributed by atoms with Gasteiger partial charge in [0.15, 0.2) is 0 Å². The Kier molecular flexibility index (Phi) is 1.69. The fourth-order valence-electron chi connectivity index (χ4n) is 1.99. The Hall–Kier alpha value is -0.780. The fraction of sp³-hybridized carbons (Fsp3) is 0.455. The minimum atomic E-state index is 0.759. The van der Waals surface area contributed by atoms with Crippen molar-refractivity contribution in [3.63, 3.8) is 0 Å². The highest BCUT2D eigenvalue weighted by Crippen LogP contribution is 2.33. The zero-order valence-electron chi connectivity index (χ0n) is 6.84. The summed E-state index contributed by atoms with van der Waals surface area (Å²) in [6.45, 7) is 3.94. The highest BCUT2D eigenvalue weighted by Gasteiger charge is 2.17. The SMILES string of the molecule is C=C1C=CC2CCCCC2=C1. The van der Waals surface area contributed by atoms with Crippen molar-refractivity contribution in [2.45, 2.75) is 25.7 Å². The molecule has 0 saturated heterocycles. The van der Waals surface area contributed by atoms with Crippen LogP contribution in [0.4, 0.5) is 0 Å². The number of hydrogen-bond acceptors (Lipinski definition) is 0. The quantitative estimate of drug-likeness (QED) is 0.492. The summed E-state index contributed by atoms with van der Waals surface area (Å²) < 4.78 is 0. The van der Waals surface area contributed by atoms with Crippen LogP contribution in [-0.2, 0) is 0 Å². The van der Waals surface area contributed by atoms with Crippen LogP contribution >= 0.6 is 0 Å². The molecule has 0 aromatic carbocycles. The molecule has 0 nitrogen and oxygen atoms in total. The van der Waals surface area contributed by atoms with Gasteiger partial charge in [-0.25, -0.2) is 0 Å². The lowest BCUT2D eigenvalue weighted by Gasteiger charge is -2.25. The van der Waals surface area contributed by atoms with Crippen LogP contribution in [0.5, 0.6) is 0 Å². The Balaban J connectivity index is 2.21. The smallest absolute Gasteiger partial charge is 0.00166 e. The van der Waals surface area contributed by atoms with Crippen molar-refractivity contribution in [3.05, 3.63) is 36.0 Å². The topological polar surface area (TPSA) is 0 Å². The maximum absolute atomic E-state index is 3.94. The number of fused-ring (bicyclic) bond motifs is 1. The summed E-state index contributed by atoms with van der Waals surface area (Å²) in [5.41, 5.74) is 2.79. The van der Waals surface area contributed by atoms with E-state index in [0.29, 0.717) is 0 Å². The zero-order chi connectivity index (χ0) is 7.68. The summed E-state index contributed by atoms with van der Waals surface area (Å²) in [6.07, 6.45) is 12.2. The summed E-state index contributed by atoms with van der Waals surface area (Å²) in [4.78, 5) is 0. The van der Waals surface area contributed by atoms with E-state index in [2.05, 4.69) is 24.8 Å². The van der Waals surface area contributed by atoms with Gasteiger partial charge in [0.05, 0.1) is 0 Å². The van der Waals surface area contributed by atoms with Crippen LogP contribution in [0.1, 0.15) is 25.7 Å². The molecule has 0 aliphatic heterocycles. The predicted molar refractivity (Wildman–Crippen MR) is 48.3 cm³/mol. The van der Waals surface area contributed by atoms with E-state index in [1.807, 2.05) is 0 Å². The lowest BCUT2D eigenvalue weighted by Crippen LogP contribution is -2.09. The first-order chi connectivity index (χ1) is 5.36. The van der Waals surface area contributed by atoms with Crippen LogP contribution < -0.4 is 0 Å². The second kappa shape index (κ2) is 2.69.